The second-order valence-corrected chi connectivity index (χ2v) is 10.8. The number of carbonyl (C=O) groups excluding carboxylic acids is 1. The van der Waals surface area contributed by atoms with Crippen molar-refractivity contribution in [3.05, 3.63) is 47.0 Å². The van der Waals surface area contributed by atoms with E-state index in [1.165, 1.54) is 36.4 Å². The number of nitrogens with two attached hydrogens (primary N) is 1. The molecule has 31 heavy (non-hydrogen) atoms. The maximum Gasteiger partial charge on any atom is 0.286 e. The molecule has 3 N–H and O–H groups in total. The van der Waals surface area contributed by atoms with E-state index < -0.39 is 26.0 Å². The highest BCUT2D eigenvalue weighted by molar-refractivity contribution is 7.90. The third kappa shape index (κ3) is 4.31. The summed E-state index contributed by atoms with van der Waals surface area (Å²) in [6.45, 7) is 0.625. The molecule has 2 aromatic carbocycles. The fourth-order valence-corrected chi connectivity index (χ4v) is 5.62. The molecule has 2 aliphatic rings. The molecular weight excluding hydrogens is 464 g/mol. The Bertz CT molecular complexity index is 1310. The quantitative estimate of drug-likeness (QED) is 0.689. The molecule has 12 heteroatoms. The van der Waals surface area contributed by atoms with Crippen LogP contribution in [0.1, 0.15) is 36.0 Å². The van der Waals surface area contributed by atoms with Gasteiger partial charge in [-0.15, -0.1) is 4.40 Å². The van der Waals surface area contributed by atoms with Crippen molar-refractivity contribution < 1.29 is 21.6 Å². The van der Waals surface area contributed by atoms with E-state index in [0.717, 1.165) is 19.3 Å². The third-order valence-electron chi connectivity index (χ3n) is 5.12. The molecule has 1 saturated heterocycles. The Morgan fingerprint density at radius 1 is 1.13 bits per heavy atom. The largest absolute Gasteiger partial charge is 0.328 e. The fourth-order valence-electron chi connectivity index (χ4n) is 3.60. The van der Waals surface area contributed by atoms with Crippen molar-refractivity contribution in [2.45, 2.75) is 35.5 Å². The molecule has 0 aliphatic carbocycles. The molecule has 2 heterocycles. The van der Waals surface area contributed by atoms with Gasteiger partial charge in [0.1, 0.15) is 10.7 Å². The van der Waals surface area contributed by atoms with Crippen LogP contribution in [-0.2, 0) is 20.0 Å². The van der Waals surface area contributed by atoms with Gasteiger partial charge in [0, 0.05) is 18.7 Å². The van der Waals surface area contributed by atoms with Crippen LogP contribution in [0, 0.1) is 0 Å². The first-order valence-corrected chi connectivity index (χ1v) is 12.8. The predicted molar refractivity (Wildman–Crippen MR) is 118 cm³/mol. The first kappa shape index (κ1) is 21.8. The fraction of sp³-hybridized carbons (Fsp3) is 0.263. The zero-order chi connectivity index (χ0) is 22.4. The molecule has 0 unspecified atom stereocenters. The van der Waals surface area contributed by atoms with E-state index >= 15 is 0 Å². The van der Waals surface area contributed by atoms with Crippen LogP contribution in [0.4, 0.5) is 11.4 Å². The summed E-state index contributed by atoms with van der Waals surface area (Å²) in [5.74, 6) is -0.148. The highest BCUT2D eigenvalue weighted by atomic mass is 35.5. The number of anilines is 2. The van der Waals surface area contributed by atoms with Crippen LogP contribution in [0.15, 0.2) is 50.6 Å². The molecule has 1 amide bonds. The van der Waals surface area contributed by atoms with Gasteiger partial charge in [0.2, 0.25) is 10.0 Å². The summed E-state index contributed by atoms with van der Waals surface area (Å²) in [5, 5.41) is 7.73. The van der Waals surface area contributed by atoms with Crippen molar-refractivity contribution in [3.8, 4) is 0 Å². The molecule has 2 aliphatic heterocycles. The number of nitrogens with zero attached hydrogens (tertiary/aromatic N) is 2. The first-order chi connectivity index (χ1) is 14.6. The van der Waals surface area contributed by atoms with Gasteiger partial charge in [-0.25, -0.2) is 13.6 Å². The van der Waals surface area contributed by atoms with E-state index in [2.05, 4.69) is 9.71 Å². The highest BCUT2D eigenvalue weighted by Gasteiger charge is 2.33. The topological polar surface area (TPSA) is 139 Å². The van der Waals surface area contributed by atoms with Crippen LogP contribution in [-0.4, -0.2) is 35.1 Å². The van der Waals surface area contributed by atoms with Crippen LogP contribution in [0.3, 0.4) is 0 Å². The van der Waals surface area contributed by atoms with Crippen LogP contribution < -0.4 is 15.4 Å². The molecule has 0 saturated carbocycles. The van der Waals surface area contributed by atoms with Crippen molar-refractivity contribution in [3.63, 3.8) is 0 Å². The lowest BCUT2D eigenvalue weighted by molar-refractivity contribution is 0.102. The summed E-state index contributed by atoms with van der Waals surface area (Å²) in [4.78, 5) is 14.4. The number of amidine groups is 1. The summed E-state index contributed by atoms with van der Waals surface area (Å²) in [5.41, 5.74) is 0.681. The van der Waals surface area contributed by atoms with Crippen LogP contribution in [0.2, 0.25) is 5.02 Å². The zero-order valence-electron chi connectivity index (χ0n) is 16.2. The summed E-state index contributed by atoms with van der Waals surface area (Å²) < 4.78 is 52.2. The van der Waals surface area contributed by atoms with Gasteiger partial charge in [0.25, 0.3) is 15.9 Å². The molecule has 0 atom stereocenters. The zero-order valence-corrected chi connectivity index (χ0v) is 18.6. The number of rotatable bonds is 3. The number of carbonyl (C=O) groups is 1. The minimum absolute atomic E-state index is 0.0343. The summed E-state index contributed by atoms with van der Waals surface area (Å²) in [6.07, 6.45) is 3.29. The van der Waals surface area contributed by atoms with Gasteiger partial charge >= 0.3 is 0 Å². The van der Waals surface area contributed by atoms with Gasteiger partial charge in [-0.05, 0) is 49.2 Å². The lowest BCUT2D eigenvalue weighted by atomic mass is 10.1. The normalized spacial score (nSPS) is 17.7. The molecule has 0 bridgehead atoms. The van der Waals surface area contributed by atoms with E-state index in [-0.39, 0.29) is 20.4 Å². The van der Waals surface area contributed by atoms with Gasteiger partial charge in [-0.3, -0.25) is 4.79 Å². The Kier molecular flexibility index (Phi) is 5.54. The van der Waals surface area contributed by atoms with E-state index in [0.29, 0.717) is 30.2 Å². The predicted octanol–water partition coefficient (Wildman–Crippen LogP) is 2.72. The second kappa shape index (κ2) is 7.90. The van der Waals surface area contributed by atoms with Crippen LogP contribution in [0.5, 0.6) is 0 Å². The first-order valence-electron chi connectivity index (χ1n) is 9.45. The summed E-state index contributed by atoms with van der Waals surface area (Å²) in [7, 11) is -7.83. The number of halogens is 1. The van der Waals surface area contributed by atoms with E-state index in [1.54, 1.807) is 0 Å². The average Bonchev–Trinajstić information content (AvgIpc) is 2.92. The van der Waals surface area contributed by atoms with Gasteiger partial charge < -0.3 is 10.2 Å². The van der Waals surface area contributed by atoms with Crippen molar-refractivity contribution >= 4 is 54.8 Å². The number of benzene rings is 2. The highest BCUT2D eigenvalue weighted by Crippen LogP contribution is 2.38. The Morgan fingerprint density at radius 2 is 1.84 bits per heavy atom. The van der Waals surface area contributed by atoms with Gasteiger partial charge in [-0.2, -0.15) is 8.42 Å². The van der Waals surface area contributed by atoms with Crippen molar-refractivity contribution in [2.24, 2.45) is 9.54 Å². The Balaban J connectivity index is 1.68. The standard InChI is InChI=1S/C19H19ClN4O5S2/c20-15-11-16-17(31(28,29)23-18-4-2-1-3-9-24(16)18)10-14(15)19(25)22-12-5-7-13(8-6-12)30(21,26)27/h5-8,10-11H,1-4,9H2,(H,22,25)(H2,21,26,27). The maximum absolute atomic E-state index is 12.8. The van der Waals surface area contributed by atoms with Gasteiger partial charge in [-0.1, -0.05) is 18.0 Å². The van der Waals surface area contributed by atoms with Crippen molar-refractivity contribution in [1.82, 2.24) is 0 Å². The number of fused-ring (bicyclic) bond motifs is 3. The average molecular weight is 483 g/mol. The molecular formula is C19H19ClN4O5S2. The van der Waals surface area contributed by atoms with Gasteiger partial charge in [0.05, 0.1) is 21.2 Å². The third-order valence-corrected chi connectivity index (χ3v) is 7.70. The van der Waals surface area contributed by atoms with Crippen LogP contribution in [0.25, 0.3) is 0 Å². The Hall–Kier alpha value is -2.47. The van der Waals surface area contributed by atoms with Crippen LogP contribution >= 0.6 is 11.6 Å². The molecule has 2 aromatic rings. The molecule has 164 valence electrons. The number of sulfonamides is 2. The molecule has 0 radical (unpaired) electrons. The van der Waals surface area contributed by atoms with Crippen molar-refractivity contribution in [1.29, 1.82) is 0 Å². The SMILES string of the molecule is NS(=O)(=O)c1ccc(NC(=O)c2cc3c(cc2Cl)N2CCCCCC2=NS3(=O)=O)cc1. The minimum atomic E-state index is -3.97. The molecule has 4 rings (SSSR count). The lowest BCUT2D eigenvalue weighted by Gasteiger charge is -2.30. The molecule has 9 nitrogen and oxygen atoms in total. The number of hydrogen-bond donors (Lipinski definition) is 2. The molecule has 0 aromatic heterocycles. The number of nitrogens with one attached hydrogen (secondary N) is 1. The van der Waals surface area contributed by atoms with Gasteiger partial charge in [0.15, 0.2) is 0 Å². The smallest absolute Gasteiger partial charge is 0.286 e. The Labute approximate surface area is 185 Å². The van der Waals surface area contributed by atoms with Crippen molar-refractivity contribution in [2.75, 3.05) is 16.8 Å². The van der Waals surface area contributed by atoms with E-state index in [1.807, 2.05) is 4.90 Å². The monoisotopic (exact) mass is 482 g/mol. The summed E-state index contributed by atoms with van der Waals surface area (Å²) in [6, 6.07) is 7.95. The van der Waals surface area contributed by atoms with E-state index in [9.17, 15) is 21.6 Å². The number of amides is 1. The Morgan fingerprint density at radius 3 is 2.52 bits per heavy atom. The second-order valence-electron chi connectivity index (χ2n) is 7.27. The number of primary sulfonamides is 1. The molecule has 0 spiro atoms. The lowest BCUT2D eigenvalue weighted by Crippen LogP contribution is -2.35. The number of hydrogen-bond acceptors (Lipinski definition) is 6. The summed E-state index contributed by atoms with van der Waals surface area (Å²) >= 11 is 6.35. The maximum atomic E-state index is 12.8. The van der Waals surface area contributed by atoms with E-state index in [4.69, 9.17) is 16.7 Å². The minimum Gasteiger partial charge on any atom is -0.328 e. The molecule has 1 fully saturated rings.